The fraction of sp³-hybridized carbons (Fsp3) is 0.240. The number of fused-ring (bicyclic) bond motifs is 6. The van der Waals surface area contributed by atoms with Crippen LogP contribution in [-0.4, -0.2) is 34.7 Å². The van der Waals surface area contributed by atoms with Gasteiger partial charge in [-0.2, -0.15) is 10.2 Å². The van der Waals surface area contributed by atoms with Crippen molar-refractivity contribution in [2.45, 2.75) is 51.4 Å². The number of nitrogens with zero attached hydrogens (tertiary/aromatic N) is 6. The Morgan fingerprint density at radius 2 is 0.750 bits per heavy atom. The van der Waals surface area contributed by atoms with E-state index in [1.807, 2.05) is 12.4 Å². The number of unbranched alkanes of at least 4 members (excludes halogenated alkanes) is 7. The lowest BCUT2D eigenvalue weighted by molar-refractivity contribution is 0.564. The van der Waals surface area contributed by atoms with Gasteiger partial charge in [0, 0.05) is 70.8 Å². The first kappa shape index (κ1) is 36.8. The number of aromatic nitrogens is 2. The molecular formula is C50H52N6. The van der Waals surface area contributed by atoms with E-state index >= 15 is 0 Å². The van der Waals surface area contributed by atoms with Crippen molar-refractivity contribution in [3.63, 3.8) is 0 Å². The van der Waals surface area contributed by atoms with Gasteiger partial charge in [-0.15, -0.1) is 0 Å². The van der Waals surface area contributed by atoms with Crippen molar-refractivity contribution in [2.75, 3.05) is 23.1 Å². The van der Waals surface area contributed by atoms with Gasteiger partial charge in [-0.05, 0) is 84.6 Å². The van der Waals surface area contributed by atoms with E-state index in [1.54, 1.807) is 0 Å². The summed E-state index contributed by atoms with van der Waals surface area (Å²) in [4.78, 5) is 0. The smallest absolute Gasteiger partial charge is 0.0593 e. The molecule has 0 aliphatic heterocycles. The molecule has 2 heterocycles. The molecule has 0 radical (unpaired) electrons. The molecule has 282 valence electrons. The Morgan fingerprint density at radius 1 is 0.393 bits per heavy atom. The molecule has 0 N–H and O–H groups in total. The monoisotopic (exact) mass is 736 g/mol. The van der Waals surface area contributed by atoms with Gasteiger partial charge in [-0.1, -0.05) is 123 Å². The van der Waals surface area contributed by atoms with Crippen LogP contribution in [0.2, 0.25) is 0 Å². The lowest BCUT2D eigenvalue weighted by Gasteiger charge is -2.19. The fourth-order valence-electron chi connectivity index (χ4n) is 8.10. The molecule has 6 nitrogen and oxygen atoms in total. The Kier molecular flexibility index (Phi) is 11.5. The van der Waals surface area contributed by atoms with Crippen LogP contribution in [0.4, 0.5) is 11.4 Å². The zero-order valence-corrected chi connectivity index (χ0v) is 32.8. The zero-order valence-electron chi connectivity index (χ0n) is 32.8. The SMILES string of the molecule is Cn1c2ccccc2c2cc(/C=N\N(CCCCCCCCCCN(/N=C\c3ccc4c(c3)c3ccccc3n4C)c3ccccc3)c3ccccc3)ccc21. The molecule has 0 spiro atoms. The zero-order chi connectivity index (χ0) is 38.1. The minimum atomic E-state index is 0.905. The van der Waals surface area contributed by atoms with Crippen LogP contribution in [-0.2, 0) is 14.1 Å². The van der Waals surface area contributed by atoms with Gasteiger partial charge < -0.3 is 9.13 Å². The molecule has 0 fully saturated rings. The van der Waals surface area contributed by atoms with Crippen molar-refractivity contribution >= 4 is 67.4 Å². The molecule has 0 unspecified atom stereocenters. The van der Waals surface area contributed by atoms with Crippen LogP contribution in [0, 0.1) is 0 Å². The minimum Gasteiger partial charge on any atom is -0.344 e. The highest BCUT2D eigenvalue weighted by Gasteiger charge is 2.11. The highest BCUT2D eigenvalue weighted by molar-refractivity contribution is 6.10. The molecular weight excluding hydrogens is 685 g/mol. The summed E-state index contributed by atoms with van der Waals surface area (Å²) >= 11 is 0. The molecule has 0 saturated carbocycles. The fourth-order valence-corrected chi connectivity index (χ4v) is 8.10. The molecule has 0 aliphatic carbocycles. The lowest BCUT2D eigenvalue weighted by atomic mass is 10.1. The normalized spacial score (nSPS) is 12.0. The average molecular weight is 737 g/mol. The lowest BCUT2D eigenvalue weighted by Crippen LogP contribution is -2.18. The van der Waals surface area contributed by atoms with Gasteiger partial charge in [0.25, 0.3) is 0 Å². The first-order valence-electron chi connectivity index (χ1n) is 20.3. The Balaban J connectivity index is 0.801. The largest absolute Gasteiger partial charge is 0.344 e. The molecule has 6 heteroatoms. The van der Waals surface area contributed by atoms with Crippen molar-refractivity contribution in [1.29, 1.82) is 0 Å². The molecule has 6 aromatic carbocycles. The number of para-hydroxylation sites is 4. The van der Waals surface area contributed by atoms with E-state index in [0.29, 0.717) is 0 Å². The standard InChI is InChI=1S/C50H52N6/c1-53-47-27-17-15-25-43(47)45-35-39(29-31-49(45)53)37-51-55(41-21-11-9-12-22-41)33-19-7-5-3-4-6-8-20-34-56(42-23-13-10-14-24-42)52-38-40-30-32-50-46(36-40)44-26-16-18-28-48(44)54(50)2/h9-18,21-32,35-38H,3-8,19-20,33-34H2,1-2H3/b51-37-,52-38-. The predicted molar refractivity (Wildman–Crippen MR) is 241 cm³/mol. The highest BCUT2D eigenvalue weighted by atomic mass is 15.5. The third kappa shape index (κ3) is 8.25. The summed E-state index contributed by atoms with van der Waals surface area (Å²) in [5.74, 6) is 0. The minimum absolute atomic E-state index is 0.905. The molecule has 8 aromatic rings. The number of aryl methyl sites for hydroxylation is 2. The molecule has 56 heavy (non-hydrogen) atoms. The van der Waals surface area contributed by atoms with Crippen LogP contribution in [0.1, 0.15) is 62.5 Å². The summed E-state index contributed by atoms with van der Waals surface area (Å²) in [5.41, 5.74) is 9.50. The summed E-state index contributed by atoms with van der Waals surface area (Å²) in [7, 11) is 4.28. The maximum absolute atomic E-state index is 5.00. The highest BCUT2D eigenvalue weighted by Crippen LogP contribution is 2.30. The van der Waals surface area contributed by atoms with Crippen LogP contribution in [0.25, 0.3) is 43.6 Å². The molecule has 0 amide bonds. The predicted octanol–water partition coefficient (Wildman–Crippen LogP) is 12.5. The van der Waals surface area contributed by atoms with Crippen LogP contribution >= 0.6 is 0 Å². The summed E-state index contributed by atoms with van der Waals surface area (Å²) in [6, 6.07) is 51.7. The maximum atomic E-state index is 5.00. The number of hydrogen-bond donors (Lipinski definition) is 0. The van der Waals surface area contributed by atoms with Crippen LogP contribution in [0.5, 0.6) is 0 Å². The van der Waals surface area contributed by atoms with Crippen molar-refractivity contribution in [1.82, 2.24) is 9.13 Å². The van der Waals surface area contributed by atoms with Gasteiger partial charge >= 0.3 is 0 Å². The second kappa shape index (κ2) is 17.5. The van der Waals surface area contributed by atoms with Gasteiger partial charge in [0.1, 0.15) is 0 Å². The van der Waals surface area contributed by atoms with Crippen molar-refractivity contribution in [3.05, 3.63) is 157 Å². The van der Waals surface area contributed by atoms with E-state index in [0.717, 1.165) is 48.4 Å². The van der Waals surface area contributed by atoms with E-state index in [4.69, 9.17) is 10.2 Å². The van der Waals surface area contributed by atoms with Crippen molar-refractivity contribution in [3.8, 4) is 0 Å². The number of hydrazone groups is 2. The summed E-state index contributed by atoms with van der Waals surface area (Å²) < 4.78 is 4.54. The summed E-state index contributed by atoms with van der Waals surface area (Å²) in [6.07, 6.45) is 13.7. The van der Waals surface area contributed by atoms with Gasteiger partial charge in [0.05, 0.1) is 23.8 Å². The third-order valence-corrected chi connectivity index (χ3v) is 11.2. The van der Waals surface area contributed by atoms with Crippen LogP contribution in [0.3, 0.4) is 0 Å². The molecule has 0 bridgehead atoms. The summed E-state index contributed by atoms with van der Waals surface area (Å²) in [5, 5.41) is 19.4. The molecule has 0 aliphatic rings. The first-order chi connectivity index (χ1) is 27.6. The van der Waals surface area contributed by atoms with Gasteiger partial charge in [-0.25, -0.2) is 0 Å². The van der Waals surface area contributed by atoms with E-state index < -0.39 is 0 Å². The third-order valence-electron chi connectivity index (χ3n) is 11.2. The quantitative estimate of drug-likeness (QED) is 0.0530. The molecule has 2 aromatic heterocycles. The van der Waals surface area contributed by atoms with Gasteiger partial charge in [0.2, 0.25) is 0 Å². The topological polar surface area (TPSA) is 41.1 Å². The molecule has 0 saturated heterocycles. The molecule has 0 atom stereocenters. The van der Waals surface area contributed by atoms with E-state index in [-0.39, 0.29) is 0 Å². The Hall–Kier alpha value is -6.14. The second-order valence-electron chi connectivity index (χ2n) is 14.9. The van der Waals surface area contributed by atoms with Crippen LogP contribution in [0.15, 0.2) is 156 Å². The van der Waals surface area contributed by atoms with Gasteiger partial charge in [0.15, 0.2) is 0 Å². The number of rotatable bonds is 17. The average Bonchev–Trinajstić information content (AvgIpc) is 3.70. The number of anilines is 2. The summed E-state index contributed by atoms with van der Waals surface area (Å²) in [6.45, 7) is 1.81. The van der Waals surface area contributed by atoms with Crippen LogP contribution < -0.4 is 10.0 Å². The van der Waals surface area contributed by atoms with E-state index in [1.165, 1.54) is 82.1 Å². The maximum Gasteiger partial charge on any atom is 0.0593 e. The van der Waals surface area contributed by atoms with Crippen molar-refractivity contribution in [2.24, 2.45) is 24.3 Å². The van der Waals surface area contributed by atoms with E-state index in [9.17, 15) is 0 Å². The number of hydrogen-bond acceptors (Lipinski definition) is 4. The second-order valence-corrected chi connectivity index (χ2v) is 14.9. The number of benzene rings is 6. The Labute approximate surface area is 331 Å². The van der Waals surface area contributed by atoms with Gasteiger partial charge in [-0.3, -0.25) is 10.0 Å². The van der Waals surface area contributed by atoms with Crippen molar-refractivity contribution < 1.29 is 0 Å². The molecule has 8 rings (SSSR count). The Morgan fingerprint density at radius 3 is 1.18 bits per heavy atom. The first-order valence-corrected chi connectivity index (χ1v) is 20.3. The van der Waals surface area contributed by atoms with E-state index in [2.05, 4.69) is 179 Å². The Bertz CT molecular complexity index is 2400.